The van der Waals surface area contributed by atoms with Crippen LogP contribution in [0, 0.1) is 5.82 Å². The summed E-state index contributed by atoms with van der Waals surface area (Å²) < 4.78 is 39.1. The smallest absolute Gasteiger partial charge is 0.208 e. The van der Waals surface area contributed by atoms with E-state index in [0.717, 1.165) is 5.56 Å². The van der Waals surface area contributed by atoms with E-state index in [0.29, 0.717) is 53.7 Å². The summed E-state index contributed by atoms with van der Waals surface area (Å²) in [4.78, 5) is 15.6. The third-order valence-corrected chi connectivity index (χ3v) is 6.17. The Morgan fingerprint density at radius 3 is 2.45 bits per heavy atom. The van der Waals surface area contributed by atoms with Gasteiger partial charge in [0.25, 0.3) is 0 Å². The molecule has 1 N–H and O–H groups in total. The van der Waals surface area contributed by atoms with Crippen molar-refractivity contribution in [3.63, 3.8) is 0 Å². The highest BCUT2D eigenvalue weighted by Gasteiger charge is 2.24. The minimum atomic E-state index is -3.24. The van der Waals surface area contributed by atoms with Crippen LogP contribution in [0.5, 0.6) is 0 Å². The van der Waals surface area contributed by atoms with E-state index >= 15 is 0 Å². The van der Waals surface area contributed by atoms with Crippen LogP contribution in [0.3, 0.4) is 0 Å². The van der Waals surface area contributed by atoms with Crippen molar-refractivity contribution in [1.29, 1.82) is 0 Å². The lowest BCUT2D eigenvalue weighted by molar-refractivity contribution is 0.460. The minimum Gasteiger partial charge on any atom is -0.355 e. The van der Waals surface area contributed by atoms with Crippen LogP contribution < -0.4 is 9.62 Å². The highest BCUT2D eigenvalue weighted by molar-refractivity contribution is 7.88. The van der Waals surface area contributed by atoms with Crippen molar-refractivity contribution < 1.29 is 12.8 Å². The summed E-state index contributed by atoms with van der Waals surface area (Å²) in [6.07, 6.45) is 7.36. The lowest BCUT2D eigenvalue weighted by Gasteiger charge is -2.33. The number of aromatic nitrogens is 3. The van der Waals surface area contributed by atoms with Gasteiger partial charge >= 0.3 is 0 Å². The number of sulfonamides is 1. The Labute approximate surface area is 185 Å². The lowest BCUT2D eigenvalue weighted by atomic mass is 10.0. The minimum absolute atomic E-state index is 0.0909. The molecule has 1 saturated heterocycles. The molecule has 10 heteroatoms. The third-order valence-electron chi connectivity index (χ3n) is 5.10. The zero-order valence-corrected chi connectivity index (χ0v) is 18.4. The number of pyridine rings is 1. The fraction of sp³-hybridized carbons (Fsp3) is 0.286. The molecular formula is C21H21ClFN5O2S. The van der Waals surface area contributed by atoms with Crippen LogP contribution in [0.15, 0.2) is 48.9 Å². The van der Waals surface area contributed by atoms with Crippen molar-refractivity contribution in [2.45, 2.75) is 18.9 Å². The molecule has 1 fully saturated rings. The van der Waals surface area contributed by atoms with Gasteiger partial charge in [-0.2, -0.15) is 0 Å². The van der Waals surface area contributed by atoms with Gasteiger partial charge in [-0.3, -0.25) is 9.97 Å². The first-order valence-corrected chi connectivity index (χ1v) is 12.0. The lowest BCUT2D eigenvalue weighted by Crippen LogP contribution is -2.44. The largest absolute Gasteiger partial charge is 0.355 e. The molecule has 7 nitrogen and oxygen atoms in total. The maximum atomic E-state index is 13.4. The summed E-state index contributed by atoms with van der Waals surface area (Å²) in [5, 5.41) is 0.438. The second kappa shape index (κ2) is 8.86. The summed E-state index contributed by atoms with van der Waals surface area (Å²) >= 11 is 6.39. The molecule has 0 amide bonds. The molecule has 1 aliphatic rings. The van der Waals surface area contributed by atoms with Gasteiger partial charge in [0, 0.05) is 42.7 Å². The van der Waals surface area contributed by atoms with Crippen LogP contribution in [0.25, 0.3) is 22.5 Å². The van der Waals surface area contributed by atoms with E-state index in [4.69, 9.17) is 16.6 Å². The first-order chi connectivity index (χ1) is 14.8. The first-order valence-electron chi connectivity index (χ1n) is 9.75. The van der Waals surface area contributed by atoms with Gasteiger partial charge in [-0.25, -0.2) is 22.5 Å². The molecule has 31 heavy (non-hydrogen) atoms. The number of nitrogens with one attached hydrogen (secondary N) is 1. The molecule has 1 aromatic carbocycles. The number of halogens is 2. The van der Waals surface area contributed by atoms with E-state index in [1.807, 2.05) is 0 Å². The van der Waals surface area contributed by atoms with Crippen LogP contribution in [0.2, 0.25) is 5.02 Å². The monoisotopic (exact) mass is 461 g/mol. The van der Waals surface area contributed by atoms with Gasteiger partial charge < -0.3 is 4.90 Å². The molecular weight excluding hydrogens is 441 g/mol. The van der Waals surface area contributed by atoms with E-state index in [-0.39, 0.29) is 11.9 Å². The predicted octanol–water partition coefficient (Wildman–Crippen LogP) is 3.52. The number of hydrogen-bond donors (Lipinski definition) is 1. The predicted molar refractivity (Wildman–Crippen MR) is 119 cm³/mol. The van der Waals surface area contributed by atoms with Crippen molar-refractivity contribution in [1.82, 2.24) is 19.7 Å². The van der Waals surface area contributed by atoms with E-state index in [2.05, 4.69) is 19.6 Å². The van der Waals surface area contributed by atoms with E-state index < -0.39 is 10.0 Å². The standard InChI is InChI=1S/C21H21ClFN5O2S/c1-31(29,30)27-16-7-10-28(11-8-16)19-13-25-20(14-2-4-15(23)5-3-14)21(26-19)17-6-9-24-12-18(17)22/h2-6,9,12-13,16,27H,7-8,10-11H2,1H3. The van der Waals surface area contributed by atoms with Gasteiger partial charge in [0.15, 0.2) is 0 Å². The molecule has 3 aromatic rings. The molecule has 0 radical (unpaired) electrons. The van der Waals surface area contributed by atoms with Gasteiger partial charge in [-0.05, 0) is 43.2 Å². The Kier molecular flexibility index (Phi) is 6.17. The summed E-state index contributed by atoms with van der Waals surface area (Å²) in [6, 6.07) is 7.74. The number of piperidine rings is 1. The number of hydrogen-bond acceptors (Lipinski definition) is 6. The van der Waals surface area contributed by atoms with E-state index in [9.17, 15) is 12.8 Å². The van der Waals surface area contributed by atoms with Crippen LogP contribution >= 0.6 is 11.6 Å². The van der Waals surface area contributed by atoms with Crippen LogP contribution in [-0.4, -0.2) is 48.8 Å². The summed E-state index contributed by atoms with van der Waals surface area (Å²) in [5.41, 5.74) is 2.57. The average molecular weight is 462 g/mol. The molecule has 0 aliphatic carbocycles. The zero-order valence-electron chi connectivity index (χ0n) is 16.8. The van der Waals surface area contributed by atoms with Crippen molar-refractivity contribution in [2.75, 3.05) is 24.2 Å². The molecule has 0 bridgehead atoms. The normalized spacial score (nSPS) is 15.3. The molecule has 4 rings (SSSR count). The number of anilines is 1. The van der Waals surface area contributed by atoms with Crippen LogP contribution in [0.4, 0.5) is 10.2 Å². The van der Waals surface area contributed by atoms with Gasteiger partial charge in [-0.1, -0.05) is 11.6 Å². The highest BCUT2D eigenvalue weighted by Crippen LogP contribution is 2.34. The van der Waals surface area contributed by atoms with Gasteiger partial charge in [0.2, 0.25) is 10.0 Å². The maximum absolute atomic E-state index is 13.4. The van der Waals surface area contributed by atoms with Gasteiger partial charge in [0.1, 0.15) is 17.3 Å². The molecule has 1 aliphatic heterocycles. The maximum Gasteiger partial charge on any atom is 0.208 e. The number of benzene rings is 1. The summed E-state index contributed by atoms with van der Waals surface area (Å²) in [5.74, 6) is 0.342. The Balaban J connectivity index is 1.68. The van der Waals surface area contributed by atoms with E-state index in [1.165, 1.54) is 18.4 Å². The Morgan fingerprint density at radius 1 is 1.10 bits per heavy atom. The van der Waals surface area contributed by atoms with Gasteiger partial charge in [-0.15, -0.1) is 0 Å². The fourth-order valence-electron chi connectivity index (χ4n) is 3.64. The van der Waals surface area contributed by atoms with Crippen molar-refractivity contribution in [3.8, 4) is 22.5 Å². The first kappa shape index (κ1) is 21.6. The highest BCUT2D eigenvalue weighted by atomic mass is 35.5. The Morgan fingerprint density at radius 2 is 1.81 bits per heavy atom. The van der Waals surface area contributed by atoms with Crippen molar-refractivity contribution in [3.05, 3.63) is 59.8 Å². The molecule has 2 aromatic heterocycles. The van der Waals surface area contributed by atoms with Gasteiger partial charge in [0.05, 0.1) is 23.2 Å². The molecule has 0 atom stereocenters. The zero-order chi connectivity index (χ0) is 22.0. The molecule has 3 heterocycles. The SMILES string of the molecule is CS(=O)(=O)NC1CCN(c2cnc(-c3ccc(F)cc3)c(-c3ccncc3Cl)n2)CC1. The fourth-order valence-corrected chi connectivity index (χ4v) is 4.69. The Hall–Kier alpha value is -2.62. The molecule has 0 unspecified atom stereocenters. The second-order valence-corrected chi connectivity index (χ2v) is 9.63. The van der Waals surface area contributed by atoms with Crippen LogP contribution in [-0.2, 0) is 10.0 Å². The average Bonchev–Trinajstić information content (AvgIpc) is 2.74. The molecule has 0 saturated carbocycles. The second-order valence-electron chi connectivity index (χ2n) is 7.44. The van der Waals surface area contributed by atoms with Crippen molar-refractivity contribution >= 4 is 27.4 Å². The topological polar surface area (TPSA) is 88.1 Å². The third kappa shape index (κ3) is 5.17. The summed E-state index contributed by atoms with van der Waals surface area (Å²) in [6.45, 7) is 1.28. The number of nitrogens with zero attached hydrogens (tertiary/aromatic N) is 4. The van der Waals surface area contributed by atoms with Crippen LogP contribution in [0.1, 0.15) is 12.8 Å². The van der Waals surface area contributed by atoms with E-state index in [1.54, 1.807) is 36.8 Å². The summed E-state index contributed by atoms with van der Waals surface area (Å²) in [7, 11) is -3.24. The van der Waals surface area contributed by atoms with Crippen molar-refractivity contribution in [2.24, 2.45) is 0 Å². The Bertz CT molecular complexity index is 1180. The molecule has 162 valence electrons. The molecule has 0 spiro atoms. The quantitative estimate of drug-likeness (QED) is 0.625. The number of rotatable bonds is 5.